The number of benzene rings is 1. The average molecular weight is 355 g/mol. The van der Waals surface area contributed by atoms with Crippen molar-refractivity contribution in [3.63, 3.8) is 0 Å². The van der Waals surface area contributed by atoms with Gasteiger partial charge in [-0.3, -0.25) is 4.79 Å². The monoisotopic (exact) mass is 355 g/mol. The molecule has 1 aromatic heterocycles. The summed E-state index contributed by atoms with van der Waals surface area (Å²) in [4.78, 5) is 30.5. The van der Waals surface area contributed by atoms with Crippen molar-refractivity contribution in [2.45, 2.75) is 52.0 Å². The third-order valence-electron chi connectivity index (χ3n) is 5.05. The van der Waals surface area contributed by atoms with Gasteiger partial charge < -0.3 is 15.0 Å². The smallest absolute Gasteiger partial charge is 0.345 e. The number of H-pyrrole nitrogens is 1. The highest BCUT2D eigenvalue weighted by molar-refractivity contribution is 5.77. The van der Waals surface area contributed by atoms with Crippen LogP contribution in [0, 0.1) is 13.8 Å². The van der Waals surface area contributed by atoms with Gasteiger partial charge >= 0.3 is 5.69 Å². The normalized spacial score (nSPS) is 16.0. The SMILES string of the molecule is COc1ccc2c(c1)CCC[C@H]2NC(=O)CCc1c(C)nc(=O)[nH]c1C. The molecule has 0 spiro atoms. The number of carbonyl (C=O) groups excluding carboxylic acids is 1. The van der Waals surface area contributed by atoms with Gasteiger partial charge in [0.1, 0.15) is 5.75 Å². The van der Waals surface area contributed by atoms with Gasteiger partial charge in [0.25, 0.3) is 0 Å². The minimum atomic E-state index is -0.345. The molecule has 138 valence electrons. The number of carbonyl (C=O) groups is 1. The van der Waals surface area contributed by atoms with Crippen LogP contribution in [-0.2, 0) is 17.6 Å². The number of ether oxygens (including phenoxy) is 1. The number of nitrogens with one attached hydrogen (secondary N) is 2. The second-order valence-electron chi connectivity index (χ2n) is 6.81. The Balaban J connectivity index is 1.66. The summed E-state index contributed by atoms with van der Waals surface area (Å²) in [5.41, 5.74) is 4.50. The third-order valence-corrected chi connectivity index (χ3v) is 5.05. The molecule has 6 heteroatoms. The first-order valence-electron chi connectivity index (χ1n) is 9.00. The first kappa shape index (κ1) is 18.2. The molecule has 1 aromatic carbocycles. The van der Waals surface area contributed by atoms with Gasteiger partial charge in [0.2, 0.25) is 5.91 Å². The van der Waals surface area contributed by atoms with Crippen LogP contribution in [0.15, 0.2) is 23.0 Å². The summed E-state index contributed by atoms with van der Waals surface area (Å²) in [5, 5.41) is 3.16. The lowest BCUT2D eigenvalue weighted by atomic mass is 9.87. The Morgan fingerprint density at radius 1 is 1.38 bits per heavy atom. The molecule has 26 heavy (non-hydrogen) atoms. The number of fused-ring (bicyclic) bond motifs is 1. The molecule has 0 unspecified atom stereocenters. The maximum absolute atomic E-state index is 12.5. The highest BCUT2D eigenvalue weighted by Gasteiger charge is 2.22. The number of aryl methyl sites for hydroxylation is 3. The molecule has 0 saturated heterocycles. The van der Waals surface area contributed by atoms with Crippen LogP contribution in [0.5, 0.6) is 5.75 Å². The molecule has 2 N–H and O–H groups in total. The molecule has 6 nitrogen and oxygen atoms in total. The van der Waals surface area contributed by atoms with E-state index >= 15 is 0 Å². The lowest BCUT2D eigenvalue weighted by Gasteiger charge is -2.27. The van der Waals surface area contributed by atoms with E-state index in [0.717, 1.165) is 36.3 Å². The first-order chi connectivity index (χ1) is 12.5. The molecule has 1 atom stereocenters. The van der Waals surface area contributed by atoms with E-state index < -0.39 is 0 Å². The maximum atomic E-state index is 12.5. The van der Waals surface area contributed by atoms with E-state index in [1.807, 2.05) is 13.0 Å². The summed E-state index contributed by atoms with van der Waals surface area (Å²) in [6, 6.07) is 6.11. The van der Waals surface area contributed by atoms with Crippen molar-refractivity contribution in [3.8, 4) is 5.75 Å². The van der Waals surface area contributed by atoms with E-state index in [1.54, 1.807) is 14.0 Å². The summed E-state index contributed by atoms with van der Waals surface area (Å²) in [6.45, 7) is 3.65. The van der Waals surface area contributed by atoms with Crippen molar-refractivity contribution < 1.29 is 9.53 Å². The second-order valence-corrected chi connectivity index (χ2v) is 6.81. The maximum Gasteiger partial charge on any atom is 0.345 e. The number of rotatable bonds is 5. The van der Waals surface area contributed by atoms with E-state index in [-0.39, 0.29) is 17.6 Å². The molecule has 2 aromatic rings. The third kappa shape index (κ3) is 3.95. The van der Waals surface area contributed by atoms with Gasteiger partial charge in [0, 0.05) is 17.8 Å². The molecule has 1 heterocycles. The van der Waals surface area contributed by atoms with Crippen LogP contribution in [0.3, 0.4) is 0 Å². The number of aromatic amines is 1. The molecule has 1 aliphatic rings. The molecule has 0 radical (unpaired) electrons. The molecule has 1 aliphatic carbocycles. The fourth-order valence-corrected chi connectivity index (χ4v) is 3.70. The quantitative estimate of drug-likeness (QED) is 0.863. The highest BCUT2D eigenvalue weighted by Crippen LogP contribution is 2.32. The van der Waals surface area contributed by atoms with Gasteiger partial charge in [-0.1, -0.05) is 6.07 Å². The number of hydrogen-bond donors (Lipinski definition) is 2. The molecular weight excluding hydrogens is 330 g/mol. The van der Waals surface area contributed by atoms with Crippen molar-refractivity contribution in [1.29, 1.82) is 0 Å². The second kappa shape index (κ2) is 7.72. The number of amides is 1. The van der Waals surface area contributed by atoms with Crippen molar-refractivity contribution in [3.05, 3.63) is 56.8 Å². The fourth-order valence-electron chi connectivity index (χ4n) is 3.70. The van der Waals surface area contributed by atoms with Gasteiger partial charge in [-0.25, -0.2) is 4.79 Å². The van der Waals surface area contributed by atoms with Gasteiger partial charge in [-0.15, -0.1) is 0 Å². The molecule has 0 aliphatic heterocycles. The van der Waals surface area contributed by atoms with E-state index in [9.17, 15) is 9.59 Å². The summed E-state index contributed by atoms with van der Waals surface area (Å²) in [6.07, 6.45) is 3.95. The Bertz CT molecular complexity index is 847. The van der Waals surface area contributed by atoms with E-state index in [4.69, 9.17) is 4.74 Å². The lowest BCUT2D eigenvalue weighted by molar-refractivity contribution is -0.121. The van der Waals surface area contributed by atoms with Crippen molar-refractivity contribution >= 4 is 5.91 Å². The summed E-state index contributed by atoms with van der Waals surface area (Å²) in [5.74, 6) is 0.871. The van der Waals surface area contributed by atoms with Gasteiger partial charge in [-0.2, -0.15) is 4.98 Å². The zero-order chi connectivity index (χ0) is 18.7. The Labute approximate surface area is 153 Å². The molecule has 0 saturated carbocycles. The molecule has 1 amide bonds. The summed E-state index contributed by atoms with van der Waals surface area (Å²) < 4.78 is 5.30. The molecule has 0 bridgehead atoms. The number of hydrogen-bond acceptors (Lipinski definition) is 4. The van der Waals surface area contributed by atoms with Crippen molar-refractivity contribution in [1.82, 2.24) is 15.3 Å². The van der Waals surface area contributed by atoms with Crippen LogP contribution < -0.4 is 15.7 Å². The summed E-state index contributed by atoms with van der Waals surface area (Å²) in [7, 11) is 1.67. The minimum Gasteiger partial charge on any atom is -0.497 e. The van der Waals surface area contributed by atoms with Gasteiger partial charge in [0.15, 0.2) is 0 Å². The van der Waals surface area contributed by atoms with Crippen LogP contribution in [0.4, 0.5) is 0 Å². The van der Waals surface area contributed by atoms with Crippen LogP contribution in [0.1, 0.15) is 53.4 Å². The Hall–Kier alpha value is -2.63. The average Bonchev–Trinajstić information content (AvgIpc) is 2.60. The van der Waals surface area contributed by atoms with E-state index in [0.29, 0.717) is 18.5 Å². The Morgan fingerprint density at radius 3 is 2.92 bits per heavy atom. The molecular formula is C20H25N3O3. The van der Waals surface area contributed by atoms with Crippen LogP contribution >= 0.6 is 0 Å². The van der Waals surface area contributed by atoms with Crippen molar-refractivity contribution in [2.75, 3.05) is 7.11 Å². The number of methoxy groups -OCH3 is 1. The Kier molecular flexibility index (Phi) is 5.40. The first-order valence-corrected chi connectivity index (χ1v) is 9.00. The topological polar surface area (TPSA) is 84.1 Å². The highest BCUT2D eigenvalue weighted by atomic mass is 16.5. The lowest BCUT2D eigenvalue weighted by Crippen LogP contribution is -2.31. The predicted molar refractivity (Wildman–Crippen MR) is 99.5 cm³/mol. The van der Waals surface area contributed by atoms with Crippen molar-refractivity contribution in [2.24, 2.45) is 0 Å². The molecule has 0 fully saturated rings. The predicted octanol–water partition coefficient (Wildman–Crippen LogP) is 2.52. The van der Waals surface area contributed by atoms with Gasteiger partial charge in [-0.05, 0) is 68.4 Å². The van der Waals surface area contributed by atoms with E-state index in [1.165, 1.54) is 11.1 Å². The van der Waals surface area contributed by atoms with E-state index in [2.05, 4.69) is 27.4 Å². The molecule has 3 rings (SSSR count). The number of aromatic nitrogens is 2. The minimum absolute atomic E-state index is 0.0173. The van der Waals surface area contributed by atoms with Crippen LogP contribution in [0.2, 0.25) is 0 Å². The van der Waals surface area contributed by atoms with Crippen LogP contribution in [0.25, 0.3) is 0 Å². The fraction of sp³-hybridized carbons (Fsp3) is 0.450. The zero-order valence-electron chi connectivity index (χ0n) is 15.5. The van der Waals surface area contributed by atoms with Crippen LogP contribution in [-0.4, -0.2) is 23.0 Å². The Morgan fingerprint density at radius 2 is 2.19 bits per heavy atom. The standard InChI is InChI=1S/C20H25N3O3/c1-12-16(13(2)22-20(25)21-12)9-10-19(24)23-18-6-4-5-14-11-15(26-3)7-8-17(14)18/h7-8,11,18H,4-6,9-10H2,1-3H3,(H,23,24)(H,21,22,25)/t18-/m1/s1. The number of nitrogens with zero attached hydrogens (tertiary/aromatic N) is 1. The largest absolute Gasteiger partial charge is 0.497 e. The zero-order valence-corrected chi connectivity index (χ0v) is 15.5. The van der Waals surface area contributed by atoms with Gasteiger partial charge in [0.05, 0.1) is 13.2 Å². The summed E-state index contributed by atoms with van der Waals surface area (Å²) >= 11 is 0.